The van der Waals surface area contributed by atoms with Gasteiger partial charge in [0, 0.05) is 18.5 Å². The number of thioether (sulfide) groups is 1. The molecule has 20 heavy (non-hydrogen) atoms. The van der Waals surface area contributed by atoms with E-state index in [2.05, 4.69) is 15.1 Å². The number of carboxylic acids is 1. The summed E-state index contributed by atoms with van der Waals surface area (Å²) in [6.07, 6.45) is -0.721. The van der Waals surface area contributed by atoms with Gasteiger partial charge in [-0.2, -0.15) is 18.3 Å². The third-order valence-electron chi connectivity index (χ3n) is 2.08. The summed E-state index contributed by atoms with van der Waals surface area (Å²) in [5.74, 6) is -1.45. The van der Waals surface area contributed by atoms with Crippen LogP contribution in [0.2, 0.25) is 0 Å². The third kappa shape index (κ3) is 3.26. The Bertz CT molecular complexity index is 615. The Labute approximate surface area is 114 Å². The molecule has 0 aliphatic carbocycles. The van der Waals surface area contributed by atoms with Gasteiger partial charge in [0.1, 0.15) is 5.03 Å². The van der Waals surface area contributed by atoms with Crippen LogP contribution in [0.15, 0.2) is 29.7 Å². The van der Waals surface area contributed by atoms with Gasteiger partial charge >= 0.3 is 12.1 Å². The predicted molar refractivity (Wildman–Crippen MR) is 62.5 cm³/mol. The van der Waals surface area contributed by atoms with Crippen molar-refractivity contribution in [1.82, 2.24) is 19.7 Å². The van der Waals surface area contributed by atoms with Crippen molar-refractivity contribution in [3.05, 3.63) is 30.4 Å². The van der Waals surface area contributed by atoms with Crippen LogP contribution in [0.25, 0.3) is 5.82 Å². The van der Waals surface area contributed by atoms with Gasteiger partial charge in [-0.1, -0.05) is 11.8 Å². The van der Waals surface area contributed by atoms with Crippen LogP contribution in [0.4, 0.5) is 13.2 Å². The van der Waals surface area contributed by atoms with Gasteiger partial charge in [-0.05, 0) is 0 Å². The number of hydrogen-bond donors (Lipinski definition) is 1. The summed E-state index contributed by atoms with van der Waals surface area (Å²) in [7, 11) is 0. The second-order valence-electron chi connectivity index (χ2n) is 3.52. The minimum absolute atomic E-state index is 0.0280. The van der Waals surface area contributed by atoms with Gasteiger partial charge in [0.15, 0.2) is 11.5 Å². The fraction of sp³-hybridized carbons (Fsp3) is 0.200. The van der Waals surface area contributed by atoms with Gasteiger partial charge in [0.05, 0.1) is 11.9 Å². The maximum atomic E-state index is 12.7. The number of carbonyl (C=O) groups is 1. The number of nitrogens with zero attached hydrogens (tertiary/aromatic N) is 4. The molecule has 0 aliphatic heterocycles. The number of aliphatic carboxylic acids is 1. The Morgan fingerprint density at radius 2 is 2.15 bits per heavy atom. The molecule has 2 aromatic heterocycles. The number of hydrogen-bond acceptors (Lipinski definition) is 5. The second-order valence-corrected chi connectivity index (χ2v) is 4.52. The predicted octanol–water partition coefficient (Wildman–Crippen LogP) is 1.86. The molecule has 0 bridgehead atoms. The summed E-state index contributed by atoms with van der Waals surface area (Å²) in [4.78, 5) is 18.1. The summed E-state index contributed by atoms with van der Waals surface area (Å²) in [5, 5.41) is 12.0. The fourth-order valence-corrected chi connectivity index (χ4v) is 2.03. The normalized spacial score (nSPS) is 11.6. The van der Waals surface area contributed by atoms with Crippen LogP contribution in [0, 0.1) is 0 Å². The zero-order chi connectivity index (χ0) is 14.8. The van der Waals surface area contributed by atoms with Gasteiger partial charge in [0.25, 0.3) is 0 Å². The van der Waals surface area contributed by atoms with Crippen LogP contribution in [-0.2, 0) is 11.0 Å². The monoisotopic (exact) mass is 304 g/mol. The lowest BCUT2D eigenvalue weighted by Crippen LogP contribution is -2.08. The first kappa shape index (κ1) is 14.3. The summed E-state index contributed by atoms with van der Waals surface area (Å²) in [5.41, 5.74) is -1.11. The number of carboxylic acid groups (broad SMARTS) is 1. The van der Waals surface area contributed by atoms with Crippen molar-refractivity contribution in [1.29, 1.82) is 0 Å². The standard InChI is InChI=1S/C10H7F3N4O2S/c11-10(12,13)6-3-8(20-5-9(18)19)17(16-6)7-4-14-1-2-15-7/h1-4H,5H2,(H,18,19). The maximum Gasteiger partial charge on any atom is 0.435 e. The van der Waals surface area contributed by atoms with E-state index in [0.717, 1.165) is 22.5 Å². The zero-order valence-electron chi connectivity index (χ0n) is 9.70. The van der Waals surface area contributed by atoms with E-state index in [4.69, 9.17) is 5.11 Å². The molecule has 0 unspecified atom stereocenters. The smallest absolute Gasteiger partial charge is 0.435 e. The Kier molecular flexibility index (Phi) is 3.93. The minimum Gasteiger partial charge on any atom is -0.481 e. The topological polar surface area (TPSA) is 80.9 Å². The molecule has 0 saturated heterocycles. The maximum absolute atomic E-state index is 12.7. The lowest BCUT2D eigenvalue weighted by atomic mass is 10.4. The number of halogens is 3. The lowest BCUT2D eigenvalue weighted by Gasteiger charge is -2.04. The zero-order valence-corrected chi connectivity index (χ0v) is 10.5. The molecular weight excluding hydrogens is 297 g/mol. The number of aromatic nitrogens is 4. The highest BCUT2D eigenvalue weighted by Crippen LogP contribution is 2.32. The van der Waals surface area contributed by atoms with Crippen molar-refractivity contribution in [2.45, 2.75) is 11.2 Å². The van der Waals surface area contributed by atoms with Crippen molar-refractivity contribution in [3.8, 4) is 5.82 Å². The largest absolute Gasteiger partial charge is 0.481 e. The van der Waals surface area contributed by atoms with Gasteiger partial charge in [-0.15, -0.1) is 0 Å². The molecule has 0 amide bonds. The first-order chi connectivity index (χ1) is 9.38. The Morgan fingerprint density at radius 3 is 2.70 bits per heavy atom. The minimum atomic E-state index is -4.62. The molecular formula is C10H7F3N4O2S. The van der Waals surface area contributed by atoms with Crippen LogP contribution in [0.5, 0.6) is 0 Å². The molecule has 6 nitrogen and oxygen atoms in total. The molecule has 1 N–H and O–H groups in total. The summed E-state index contributed by atoms with van der Waals surface area (Å²) < 4.78 is 38.9. The molecule has 0 aliphatic rings. The van der Waals surface area contributed by atoms with Crippen molar-refractivity contribution in [2.24, 2.45) is 0 Å². The highest BCUT2D eigenvalue weighted by molar-refractivity contribution is 7.99. The SMILES string of the molecule is O=C(O)CSc1cc(C(F)(F)F)nn1-c1cnccn1. The Balaban J connectivity index is 2.42. The molecule has 0 atom stereocenters. The van der Waals surface area contributed by atoms with Crippen molar-refractivity contribution < 1.29 is 23.1 Å². The first-order valence-corrected chi connectivity index (χ1v) is 6.15. The molecule has 2 heterocycles. The van der Waals surface area contributed by atoms with E-state index < -0.39 is 17.8 Å². The quantitative estimate of drug-likeness (QED) is 0.868. The number of rotatable bonds is 4. The highest BCUT2D eigenvalue weighted by Gasteiger charge is 2.35. The van der Waals surface area contributed by atoms with Crippen LogP contribution < -0.4 is 0 Å². The van der Waals surface area contributed by atoms with E-state index in [-0.39, 0.29) is 16.6 Å². The van der Waals surface area contributed by atoms with Gasteiger partial charge < -0.3 is 5.11 Å². The van der Waals surface area contributed by atoms with E-state index in [1.54, 1.807) is 0 Å². The summed E-state index contributed by atoms with van der Waals surface area (Å²) in [6.45, 7) is 0. The van der Waals surface area contributed by atoms with E-state index >= 15 is 0 Å². The molecule has 0 spiro atoms. The third-order valence-corrected chi connectivity index (χ3v) is 3.06. The fourth-order valence-electron chi connectivity index (χ4n) is 1.31. The summed E-state index contributed by atoms with van der Waals surface area (Å²) in [6, 6.07) is 0.780. The van der Waals surface area contributed by atoms with Crippen molar-refractivity contribution >= 4 is 17.7 Å². The van der Waals surface area contributed by atoms with Gasteiger partial charge in [-0.3, -0.25) is 9.78 Å². The molecule has 0 radical (unpaired) electrons. The van der Waals surface area contributed by atoms with Crippen molar-refractivity contribution in [2.75, 3.05) is 5.75 Å². The average molecular weight is 304 g/mol. The van der Waals surface area contributed by atoms with E-state index in [9.17, 15) is 18.0 Å². The van der Waals surface area contributed by atoms with Crippen LogP contribution in [0.1, 0.15) is 5.69 Å². The molecule has 10 heteroatoms. The molecule has 106 valence electrons. The molecule has 0 aromatic carbocycles. The molecule has 2 aromatic rings. The average Bonchev–Trinajstić information content (AvgIpc) is 2.81. The van der Waals surface area contributed by atoms with E-state index in [1.807, 2.05) is 0 Å². The molecule has 0 saturated carbocycles. The summed E-state index contributed by atoms with van der Waals surface area (Å²) >= 11 is 0.720. The Morgan fingerprint density at radius 1 is 1.40 bits per heavy atom. The van der Waals surface area contributed by atoms with E-state index in [1.165, 1.54) is 18.6 Å². The second kappa shape index (κ2) is 5.49. The van der Waals surface area contributed by atoms with Gasteiger partial charge in [-0.25, -0.2) is 9.67 Å². The first-order valence-electron chi connectivity index (χ1n) is 5.16. The molecule has 2 rings (SSSR count). The molecule has 0 fully saturated rings. The number of alkyl halides is 3. The highest BCUT2D eigenvalue weighted by atomic mass is 32.2. The Hall–Kier alpha value is -2.10. The van der Waals surface area contributed by atoms with Crippen LogP contribution >= 0.6 is 11.8 Å². The van der Waals surface area contributed by atoms with Crippen LogP contribution in [0.3, 0.4) is 0 Å². The van der Waals surface area contributed by atoms with Crippen LogP contribution in [-0.4, -0.2) is 36.6 Å². The van der Waals surface area contributed by atoms with E-state index in [0.29, 0.717) is 0 Å². The van der Waals surface area contributed by atoms with Gasteiger partial charge in [0.2, 0.25) is 0 Å². The lowest BCUT2D eigenvalue weighted by molar-refractivity contribution is -0.141. The van der Waals surface area contributed by atoms with Crippen molar-refractivity contribution in [3.63, 3.8) is 0 Å².